The number of anilines is 1. The Balaban J connectivity index is 2.07. The highest BCUT2D eigenvalue weighted by atomic mass is 32.2. The van der Waals surface area contributed by atoms with E-state index in [1.165, 1.54) is 18.2 Å². The van der Waals surface area contributed by atoms with Gasteiger partial charge in [-0.15, -0.1) is 0 Å². The Morgan fingerprint density at radius 2 is 1.77 bits per heavy atom. The standard InChI is InChI=1S/C23H31FN2O3S/c1-4-6-9-18(5-2)16-25-23(27)20-14-12-19(13-15-20)17-26(30(3,28)29)22-11-8-7-10-21(22)24/h7-8,10-15,18H,4-6,9,16-17H2,1-3H3,(H,25,27)/t18-/m1/s1. The predicted molar refractivity (Wildman–Crippen MR) is 120 cm³/mol. The number of nitrogens with one attached hydrogen (secondary N) is 1. The van der Waals surface area contributed by atoms with Gasteiger partial charge in [0.25, 0.3) is 5.91 Å². The van der Waals surface area contributed by atoms with E-state index >= 15 is 0 Å². The van der Waals surface area contributed by atoms with Crippen LogP contribution >= 0.6 is 0 Å². The third kappa shape index (κ3) is 6.83. The molecule has 2 aromatic rings. The fourth-order valence-electron chi connectivity index (χ4n) is 3.24. The highest BCUT2D eigenvalue weighted by Gasteiger charge is 2.21. The van der Waals surface area contributed by atoms with Crippen molar-refractivity contribution in [1.82, 2.24) is 5.32 Å². The number of nitrogens with zero attached hydrogens (tertiary/aromatic N) is 1. The van der Waals surface area contributed by atoms with Gasteiger partial charge >= 0.3 is 0 Å². The molecule has 0 saturated carbocycles. The van der Waals surface area contributed by atoms with E-state index in [9.17, 15) is 17.6 Å². The number of amides is 1. The van der Waals surface area contributed by atoms with E-state index in [-0.39, 0.29) is 18.1 Å². The van der Waals surface area contributed by atoms with E-state index in [0.29, 0.717) is 23.6 Å². The second-order valence-corrected chi connectivity index (χ2v) is 9.45. The van der Waals surface area contributed by atoms with Gasteiger partial charge in [-0.05, 0) is 42.2 Å². The zero-order chi connectivity index (χ0) is 22.1. The number of carbonyl (C=O) groups excluding carboxylic acids is 1. The summed E-state index contributed by atoms with van der Waals surface area (Å²) in [5.41, 5.74) is 1.18. The first-order valence-corrected chi connectivity index (χ1v) is 12.2. The van der Waals surface area contributed by atoms with Crippen LogP contribution in [0.4, 0.5) is 10.1 Å². The monoisotopic (exact) mass is 434 g/mol. The van der Waals surface area contributed by atoms with E-state index in [2.05, 4.69) is 19.2 Å². The molecule has 0 radical (unpaired) electrons. The summed E-state index contributed by atoms with van der Waals surface area (Å²) in [5.74, 6) is -0.282. The third-order valence-corrected chi connectivity index (χ3v) is 6.28. The first kappa shape index (κ1) is 23.9. The SMILES string of the molecule is CCCC[C@@H](CC)CNC(=O)c1ccc(CN(c2ccccc2F)S(C)(=O)=O)cc1. The van der Waals surface area contributed by atoms with Crippen LogP contribution in [-0.2, 0) is 16.6 Å². The first-order chi connectivity index (χ1) is 14.3. The predicted octanol–water partition coefficient (Wildman–Crippen LogP) is 4.74. The number of carbonyl (C=O) groups is 1. The van der Waals surface area contributed by atoms with Crippen LogP contribution in [0.2, 0.25) is 0 Å². The number of sulfonamides is 1. The fourth-order valence-corrected chi connectivity index (χ4v) is 4.13. The summed E-state index contributed by atoms with van der Waals surface area (Å²) >= 11 is 0. The zero-order valence-electron chi connectivity index (χ0n) is 17.9. The minimum atomic E-state index is -3.68. The lowest BCUT2D eigenvalue weighted by atomic mass is 9.99. The summed E-state index contributed by atoms with van der Waals surface area (Å²) in [7, 11) is -3.68. The largest absolute Gasteiger partial charge is 0.352 e. The van der Waals surface area contributed by atoms with Crippen molar-refractivity contribution in [1.29, 1.82) is 0 Å². The molecule has 0 saturated heterocycles. The van der Waals surface area contributed by atoms with Gasteiger partial charge in [0.2, 0.25) is 10.0 Å². The van der Waals surface area contributed by atoms with Crippen molar-refractivity contribution in [3.8, 4) is 0 Å². The van der Waals surface area contributed by atoms with E-state index in [1.54, 1.807) is 30.3 Å². The summed E-state index contributed by atoms with van der Waals surface area (Å²) in [4.78, 5) is 12.4. The Morgan fingerprint density at radius 3 is 2.33 bits per heavy atom. The van der Waals surface area contributed by atoms with Crippen molar-refractivity contribution >= 4 is 21.6 Å². The topological polar surface area (TPSA) is 66.5 Å². The van der Waals surface area contributed by atoms with Gasteiger partial charge in [0.15, 0.2) is 0 Å². The lowest BCUT2D eigenvalue weighted by Crippen LogP contribution is -2.30. The average molecular weight is 435 g/mol. The summed E-state index contributed by atoms with van der Waals surface area (Å²) in [5, 5.41) is 2.98. The van der Waals surface area contributed by atoms with Crippen molar-refractivity contribution in [2.45, 2.75) is 46.1 Å². The summed E-state index contributed by atoms with van der Waals surface area (Å²) in [6, 6.07) is 12.5. The zero-order valence-corrected chi connectivity index (χ0v) is 18.7. The van der Waals surface area contributed by atoms with Crippen molar-refractivity contribution < 1.29 is 17.6 Å². The van der Waals surface area contributed by atoms with Gasteiger partial charge in [-0.1, -0.05) is 57.4 Å². The molecular formula is C23H31FN2O3S. The molecule has 0 unspecified atom stereocenters. The number of para-hydroxylation sites is 1. The van der Waals surface area contributed by atoms with Crippen LogP contribution in [0, 0.1) is 11.7 Å². The molecule has 0 aromatic heterocycles. The third-order valence-electron chi connectivity index (χ3n) is 5.16. The maximum absolute atomic E-state index is 14.1. The van der Waals surface area contributed by atoms with Crippen LogP contribution in [-0.4, -0.2) is 27.1 Å². The van der Waals surface area contributed by atoms with Gasteiger partial charge in [-0.3, -0.25) is 9.10 Å². The Labute approximate surface area is 179 Å². The number of hydrogen-bond acceptors (Lipinski definition) is 3. The van der Waals surface area contributed by atoms with Gasteiger partial charge in [0.1, 0.15) is 5.82 Å². The van der Waals surface area contributed by atoms with Gasteiger partial charge in [-0.2, -0.15) is 0 Å². The number of hydrogen-bond donors (Lipinski definition) is 1. The second-order valence-electron chi connectivity index (χ2n) is 7.54. The number of unbranched alkanes of at least 4 members (excludes halogenated alkanes) is 1. The molecule has 30 heavy (non-hydrogen) atoms. The minimum Gasteiger partial charge on any atom is -0.352 e. The van der Waals surface area contributed by atoms with Crippen LogP contribution < -0.4 is 9.62 Å². The molecule has 2 aromatic carbocycles. The quantitative estimate of drug-likeness (QED) is 0.556. The molecular weight excluding hydrogens is 403 g/mol. The highest BCUT2D eigenvalue weighted by molar-refractivity contribution is 7.92. The molecule has 0 aliphatic rings. The maximum atomic E-state index is 14.1. The Hall–Kier alpha value is -2.41. The van der Waals surface area contributed by atoms with Crippen LogP contribution in [0.15, 0.2) is 48.5 Å². The van der Waals surface area contributed by atoms with Gasteiger partial charge in [0, 0.05) is 12.1 Å². The second kappa shape index (κ2) is 11.1. The Kier molecular flexibility index (Phi) is 8.84. The van der Waals surface area contributed by atoms with E-state index in [1.807, 2.05) is 0 Å². The van der Waals surface area contributed by atoms with E-state index in [0.717, 1.165) is 36.2 Å². The lowest BCUT2D eigenvalue weighted by molar-refractivity contribution is 0.0946. The van der Waals surface area contributed by atoms with Crippen LogP contribution in [0.3, 0.4) is 0 Å². The van der Waals surface area contributed by atoms with Crippen LogP contribution in [0.1, 0.15) is 55.5 Å². The summed E-state index contributed by atoms with van der Waals surface area (Å²) in [6.07, 6.45) is 5.47. The van der Waals surface area contributed by atoms with Crippen LogP contribution in [0.5, 0.6) is 0 Å². The smallest absolute Gasteiger partial charge is 0.251 e. The average Bonchev–Trinajstić information content (AvgIpc) is 2.72. The molecule has 5 nitrogen and oxygen atoms in total. The highest BCUT2D eigenvalue weighted by Crippen LogP contribution is 2.24. The number of rotatable bonds is 11. The van der Waals surface area contributed by atoms with Crippen molar-refractivity contribution in [3.05, 3.63) is 65.5 Å². The van der Waals surface area contributed by atoms with Gasteiger partial charge < -0.3 is 5.32 Å². The minimum absolute atomic E-state index is 0.000457. The number of halogens is 1. The maximum Gasteiger partial charge on any atom is 0.251 e. The summed E-state index contributed by atoms with van der Waals surface area (Å²) < 4.78 is 39.6. The Bertz CT molecular complexity index is 930. The molecule has 1 amide bonds. The molecule has 1 atom stereocenters. The fraction of sp³-hybridized carbons (Fsp3) is 0.435. The van der Waals surface area contributed by atoms with E-state index in [4.69, 9.17) is 0 Å². The molecule has 7 heteroatoms. The molecule has 0 fully saturated rings. The molecule has 0 heterocycles. The lowest BCUT2D eigenvalue weighted by Gasteiger charge is -2.23. The molecule has 1 N–H and O–H groups in total. The van der Waals surface area contributed by atoms with Gasteiger partial charge in [0.05, 0.1) is 18.5 Å². The molecule has 0 spiro atoms. The van der Waals surface area contributed by atoms with Crippen molar-refractivity contribution in [2.24, 2.45) is 5.92 Å². The first-order valence-electron chi connectivity index (χ1n) is 10.4. The van der Waals surface area contributed by atoms with Crippen molar-refractivity contribution in [2.75, 3.05) is 17.1 Å². The molecule has 0 aliphatic carbocycles. The normalized spacial score (nSPS) is 12.4. The number of benzene rings is 2. The molecule has 2 rings (SSSR count). The molecule has 164 valence electrons. The van der Waals surface area contributed by atoms with Crippen molar-refractivity contribution in [3.63, 3.8) is 0 Å². The van der Waals surface area contributed by atoms with Gasteiger partial charge in [-0.25, -0.2) is 12.8 Å². The summed E-state index contributed by atoms with van der Waals surface area (Å²) in [6.45, 7) is 4.91. The Morgan fingerprint density at radius 1 is 1.10 bits per heavy atom. The van der Waals surface area contributed by atoms with E-state index < -0.39 is 15.8 Å². The molecule has 0 aliphatic heterocycles. The molecule has 0 bridgehead atoms. The van der Waals surface area contributed by atoms with Crippen LogP contribution in [0.25, 0.3) is 0 Å².